The monoisotopic (exact) mass is 209 g/mol. The summed E-state index contributed by atoms with van der Waals surface area (Å²) in [5.41, 5.74) is 0.599. The van der Waals surface area contributed by atoms with E-state index >= 15 is 0 Å². The molecule has 1 aromatic rings. The normalized spacial score (nSPS) is 20.4. The molecule has 1 atom stereocenters. The molecule has 0 bridgehead atoms. The smallest absolute Gasteiger partial charge is 0.266 e. The topological polar surface area (TPSA) is 67.0 Å². The van der Waals surface area contributed by atoms with Gasteiger partial charge in [0.2, 0.25) is 0 Å². The molecule has 1 aromatic heterocycles. The van der Waals surface area contributed by atoms with Gasteiger partial charge in [0.05, 0.1) is 11.9 Å². The fourth-order valence-electron chi connectivity index (χ4n) is 1.70. The summed E-state index contributed by atoms with van der Waals surface area (Å²) in [7, 11) is 0. The van der Waals surface area contributed by atoms with Crippen molar-refractivity contribution < 1.29 is 4.74 Å². The first-order chi connectivity index (χ1) is 7.34. The van der Waals surface area contributed by atoms with Crippen LogP contribution in [0.5, 0.6) is 0 Å². The summed E-state index contributed by atoms with van der Waals surface area (Å²) in [5, 5.41) is 9.22. The van der Waals surface area contributed by atoms with Crippen LogP contribution < -0.4 is 10.9 Å². The van der Waals surface area contributed by atoms with E-state index < -0.39 is 0 Å². The lowest BCUT2D eigenvalue weighted by Crippen LogP contribution is -2.12. The zero-order valence-corrected chi connectivity index (χ0v) is 8.53. The van der Waals surface area contributed by atoms with Crippen molar-refractivity contribution in [2.45, 2.75) is 12.8 Å². The summed E-state index contributed by atoms with van der Waals surface area (Å²) in [5.74, 6) is 0.660. The van der Waals surface area contributed by atoms with Crippen LogP contribution in [0.4, 0.5) is 5.69 Å². The molecule has 2 N–H and O–H groups in total. The minimum Gasteiger partial charge on any atom is -0.384 e. The summed E-state index contributed by atoms with van der Waals surface area (Å²) in [6, 6.07) is 1.51. The van der Waals surface area contributed by atoms with E-state index in [0.717, 1.165) is 38.3 Å². The van der Waals surface area contributed by atoms with E-state index in [0.29, 0.717) is 5.92 Å². The Morgan fingerprint density at radius 2 is 2.60 bits per heavy atom. The molecule has 1 fully saturated rings. The molecule has 2 rings (SSSR count). The lowest BCUT2D eigenvalue weighted by Gasteiger charge is -2.08. The molecule has 82 valence electrons. The van der Waals surface area contributed by atoms with E-state index in [1.54, 1.807) is 6.20 Å². The molecule has 0 radical (unpaired) electrons. The van der Waals surface area contributed by atoms with Crippen LogP contribution in [0.25, 0.3) is 0 Å². The van der Waals surface area contributed by atoms with Gasteiger partial charge in [-0.3, -0.25) is 4.79 Å². The second-order valence-electron chi connectivity index (χ2n) is 3.78. The molecule has 0 saturated carbocycles. The van der Waals surface area contributed by atoms with Crippen molar-refractivity contribution >= 4 is 5.69 Å². The van der Waals surface area contributed by atoms with Crippen LogP contribution in [0.3, 0.4) is 0 Å². The Hall–Kier alpha value is -1.36. The number of hydrogen-bond acceptors (Lipinski definition) is 4. The number of aromatic amines is 1. The highest BCUT2D eigenvalue weighted by Crippen LogP contribution is 2.15. The Labute approximate surface area is 87.8 Å². The standard InChI is InChI=1S/C10H15N3O2/c14-10-5-9(6-12-13-10)11-3-1-8-2-4-15-7-8/h5-6,8H,1-4,7H2,(H2,11,13,14). The highest BCUT2D eigenvalue weighted by molar-refractivity contribution is 5.38. The quantitative estimate of drug-likeness (QED) is 0.762. The maximum atomic E-state index is 10.9. The lowest BCUT2D eigenvalue weighted by molar-refractivity contribution is 0.185. The molecule has 2 heterocycles. The van der Waals surface area contributed by atoms with E-state index in [4.69, 9.17) is 4.74 Å². The highest BCUT2D eigenvalue weighted by Gasteiger charge is 2.14. The van der Waals surface area contributed by atoms with Crippen LogP contribution in [0.1, 0.15) is 12.8 Å². The molecule has 0 aromatic carbocycles. The number of nitrogens with one attached hydrogen (secondary N) is 2. The summed E-state index contributed by atoms with van der Waals surface area (Å²) >= 11 is 0. The van der Waals surface area contributed by atoms with Gasteiger partial charge >= 0.3 is 0 Å². The van der Waals surface area contributed by atoms with Crippen molar-refractivity contribution in [3.63, 3.8) is 0 Å². The van der Waals surface area contributed by atoms with E-state index in [9.17, 15) is 4.79 Å². The first kappa shape index (κ1) is 10.2. The van der Waals surface area contributed by atoms with E-state index in [-0.39, 0.29) is 5.56 Å². The summed E-state index contributed by atoms with van der Waals surface area (Å²) in [6.07, 6.45) is 3.84. The Kier molecular flexibility index (Phi) is 3.34. The van der Waals surface area contributed by atoms with Gasteiger partial charge in [0.1, 0.15) is 0 Å². The van der Waals surface area contributed by atoms with Gasteiger partial charge in [-0.15, -0.1) is 0 Å². The van der Waals surface area contributed by atoms with Crippen molar-refractivity contribution in [2.24, 2.45) is 5.92 Å². The van der Waals surface area contributed by atoms with Crippen LogP contribution in [0.15, 0.2) is 17.1 Å². The SMILES string of the molecule is O=c1cc(NCCC2CCOC2)cn[nH]1. The van der Waals surface area contributed by atoms with E-state index in [1.165, 1.54) is 6.07 Å². The predicted molar refractivity (Wildman–Crippen MR) is 56.9 cm³/mol. The van der Waals surface area contributed by atoms with Gasteiger partial charge in [-0.25, -0.2) is 5.10 Å². The van der Waals surface area contributed by atoms with Crippen LogP contribution in [0.2, 0.25) is 0 Å². The third-order valence-electron chi connectivity index (χ3n) is 2.57. The number of aromatic nitrogens is 2. The molecule has 1 aliphatic rings. The minimum absolute atomic E-state index is 0.177. The average molecular weight is 209 g/mol. The van der Waals surface area contributed by atoms with Gasteiger partial charge in [0, 0.05) is 25.8 Å². The van der Waals surface area contributed by atoms with E-state index in [2.05, 4.69) is 15.5 Å². The molecule has 0 amide bonds. The first-order valence-electron chi connectivity index (χ1n) is 5.21. The number of ether oxygens (including phenoxy) is 1. The number of H-pyrrole nitrogens is 1. The molecular weight excluding hydrogens is 194 g/mol. The minimum atomic E-state index is -0.177. The van der Waals surface area contributed by atoms with Crippen LogP contribution >= 0.6 is 0 Å². The number of rotatable bonds is 4. The van der Waals surface area contributed by atoms with E-state index in [1.807, 2.05) is 0 Å². The molecular formula is C10H15N3O2. The molecule has 1 unspecified atom stereocenters. The predicted octanol–water partition coefficient (Wildman–Crippen LogP) is 0.608. The molecule has 1 saturated heterocycles. The fourth-order valence-corrected chi connectivity index (χ4v) is 1.70. The van der Waals surface area contributed by atoms with Crippen molar-refractivity contribution in [3.05, 3.63) is 22.6 Å². The number of hydrogen-bond donors (Lipinski definition) is 2. The third-order valence-corrected chi connectivity index (χ3v) is 2.57. The second-order valence-corrected chi connectivity index (χ2v) is 3.78. The van der Waals surface area contributed by atoms with Crippen LogP contribution in [0, 0.1) is 5.92 Å². The average Bonchev–Trinajstić information content (AvgIpc) is 2.71. The largest absolute Gasteiger partial charge is 0.384 e. The van der Waals surface area contributed by atoms with Crippen molar-refractivity contribution in [1.29, 1.82) is 0 Å². The highest BCUT2D eigenvalue weighted by atomic mass is 16.5. The fraction of sp³-hybridized carbons (Fsp3) is 0.600. The number of anilines is 1. The van der Waals surface area contributed by atoms with Gasteiger partial charge in [-0.2, -0.15) is 5.10 Å². The zero-order valence-electron chi connectivity index (χ0n) is 8.53. The van der Waals surface area contributed by atoms with Crippen LogP contribution in [-0.4, -0.2) is 30.0 Å². The lowest BCUT2D eigenvalue weighted by atomic mass is 10.1. The maximum absolute atomic E-state index is 10.9. The Balaban J connectivity index is 1.75. The van der Waals surface area contributed by atoms with Gasteiger partial charge < -0.3 is 10.1 Å². The van der Waals surface area contributed by atoms with Gasteiger partial charge in [0.15, 0.2) is 0 Å². The Bertz CT molecular complexity index is 358. The maximum Gasteiger partial charge on any atom is 0.266 e. The van der Waals surface area contributed by atoms with Crippen molar-refractivity contribution in [3.8, 4) is 0 Å². The Morgan fingerprint density at radius 1 is 1.67 bits per heavy atom. The number of nitrogens with zero attached hydrogens (tertiary/aromatic N) is 1. The van der Waals surface area contributed by atoms with Gasteiger partial charge in [-0.05, 0) is 18.8 Å². The Morgan fingerprint density at radius 3 is 3.33 bits per heavy atom. The van der Waals surface area contributed by atoms with Crippen molar-refractivity contribution in [2.75, 3.05) is 25.1 Å². The summed E-state index contributed by atoms with van der Waals surface area (Å²) in [4.78, 5) is 10.9. The molecule has 0 spiro atoms. The molecule has 5 heteroatoms. The summed E-state index contributed by atoms with van der Waals surface area (Å²) in [6.45, 7) is 2.62. The second kappa shape index (κ2) is 4.93. The van der Waals surface area contributed by atoms with Gasteiger partial charge in [-0.1, -0.05) is 0 Å². The molecule has 15 heavy (non-hydrogen) atoms. The molecule has 1 aliphatic heterocycles. The first-order valence-corrected chi connectivity index (χ1v) is 5.21. The van der Waals surface area contributed by atoms with Crippen molar-refractivity contribution in [1.82, 2.24) is 10.2 Å². The van der Waals surface area contributed by atoms with Gasteiger partial charge in [0.25, 0.3) is 5.56 Å². The molecule has 5 nitrogen and oxygen atoms in total. The zero-order chi connectivity index (χ0) is 10.5. The third kappa shape index (κ3) is 3.06. The summed E-state index contributed by atoms with van der Waals surface area (Å²) < 4.78 is 5.28. The van der Waals surface area contributed by atoms with Crippen LogP contribution in [-0.2, 0) is 4.74 Å². The molecule has 0 aliphatic carbocycles.